The third-order valence-electron chi connectivity index (χ3n) is 3.89. The Morgan fingerprint density at radius 3 is 2.39 bits per heavy atom. The lowest BCUT2D eigenvalue weighted by atomic mass is 9.99. The summed E-state index contributed by atoms with van der Waals surface area (Å²) in [6.07, 6.45) is 0. The zero-order chi connectivity index (χ0) is 16.2. The number of carbonyl (C=O) groups excluding carboxylic acids is 1. The predicted octanol–water partition coefficient (Wildman–Crippen LogP) is 5.27. The Hall–Kier alpha value is -2.26. The first-order valence-corrected chi connectivity index (χ1v) is 8.33. The molecule has 3 aromatic rings. The molecule has 0 bridgehead atoms. The predicted molar refractivity (Wildman–Crippen MR) is 96.2 cm³/mol. The van der Waals surface area contributed by atoms with Gasteiger partial charge in [0.05, 0.1) is 13.0 Å². The van der Waals surface area contributed by atoms with Gasteiger partial charge in [-0.3, -0.25) is 4.79 Å². The van der Waals surface area contributed by atoms with Crippen LogP contribution in [0.1, 0.15) is 18.4 Å². The van der Waals surface area contributed by atoms with E-state index in [1.165, 1.54) is 11.8 Å². The molecule has 0 saturated carbocycles. The maximum atomic E-state index is 12.5. The Balaban J connectivity index is 1.82. The summed E-state index contributed by atoms with van der Waals surface area (Å²) in [6, 6.07) is 21.9. The van der Waals surface area contributed by atoms with Crippen molar-refractivity contribution in [1.29, 1.82) is 0 Å². The SMILES string of the molecule is COc1ccc2cc(C(C)C(=O)Sc3ccccc3)ccc2c1. The maximum absolute atomic E-state index is 12.5. The molecule has 0 aromatic heterocycles. The lowest BCUT2D eigenvalue weighted by Gasteiger charge is -2.12. The molecule has 0 heterocycles. The molecule has 116 valence electrons. The topological polar surface area (TPSA) is 26.3 Å². The van der Waals surface area contributed by atoms with E-state index in [2.05, 4.69) is 6.07 Å². The van der Waals surface area contributed by atoms with Gasteiger partial charge >= 0.3 is 0 Å². The summed E-state index contributed by atoms with van der Waals surface area (Å²) in [4.78, 5) is 13.5. The zero-order valence-corrected chi connectivity index (χ0v) is 14.0. The molecule has 0 fully saturated rings. The van der Waals surface area contributed by atoms with Gasteiger partial charge in [0.1, 0.15) is 5.75 Å². The minimum absolute atomic E-state index is 0.147. The quantitative estimate of drug-likeness (QED) is 0.612. The smallest absolute Gasteiger partial charge is 0.200 e. The molecule has 3 rings (SSSR count). The number of ether oxygens (including phenoxy) is 1. The van der Waals surface area contributed by atoms with E-state index < -0.39 is 0 Å². The van der Waals surface area contributed by atoms with Crippen LogP contribution >= 0.6 is 11.8 Å². The van der Waals surface area contributed by atoms with Crippen LogP contribution in [0.5, 0.6) is 5.75 Å². The summed E-state index contributed by atoms with van der Waals surface area (Å²) in [5.41, 5.74) is 1.04. The highest BCUT2D eigenvalue weighted by atomic mass is 32.2. The first-order valence-electron chi connectivity index (χ1n) is 7.52. The third kappa shape index (κ3) is 3.57. The van der Waals surface area contributed by atoms with Crippen LogP contribution in [-0.4, -0.2) is 12.2 Å². The Labute approximate surface area is 140 Å². The maximum Gasteiger partial charge on any atom is 0.200 e. The molecule has 0 aliphatic heterocycles. The molecule has 0 amide bonds. The van der Waals surface area contributed by atoms with Crippen LogP contribution in [0.4, 0.5) is 0 Å². The molecule has 0 saturated heterocycles. The molecule has 2 nitrogen and oxygen atoms in total. The van der Waals surface area contributed by atoms with E-state index in [4.69, 9.17) is 4.74 Å². The summed E-state index contributed by atoms with van der Waals surface area (Å²) in [6.45, 7) is 1.96. The largest absolute Gasteiger partial charge is 0.497 e. The number of hydrogen-bond donors (Lipinski definition) is 0. The third-order valence-corrected chi connectivity index (χ3v) is 4.95. The van der Waals surface area contributed by atoms with Crippen LogP contribution in [0.2, 0.25) is 0 Å². The summed E-state index contributed by atoms with van der Waals surface area (Å²) in [7, 11) is 1.66. The first-order chi connectivity index (χ1) is 11.2. The van der Waals surface area contributed by atoms with Gasteiger partial charge in [0.25, 0.3) is 0 Å². The second-order valence-corrected chi connectivity index (χ2v) is 6.51. The number of methoxy groups -OCH3 is 1. The Bertz CT molecular complexity index is 827. The number of fused-ring (bicyclic) bond motifs is 1. The van der Waals surface area contributed by atoms with Crippen LogP contribution in [0, 0.1) is 0 Å². The van der Waals surface area contributed by atoms with Gasteiger partial charge in [-0.25, -0.2) is 0 Å². The van der Waals surface area contributed by atoms with Crippen LogP contribution < -0.4 is 4.74 Å². The molecule has 0 aliphatic carbocycles. The number of thioether (sulfide) groups is 1. The molecule has 23 heavy (non-hydrogen) atoms. The van der Waals surface area contributed by atoms with Crippen LogP contribution in [0.15, 0.2) is 71.6 Å². The van der Waals surface area contributed by atoms with E-state index in [9.17, 15) is 4.79 Å². The van der Waals surface area contributed by atoms with Gasteiger partial charge < -0.3 is 4.74 Å². The second kappa shape index (κ2) is 6.88. The molecule has 0 spiro atoms. The van der Waals surface area contributed by atoms with E-state index in [0.29, 0.717) is 0 Å². The van der Waals surface area contributed by atoms with Crippen molar-refractivity contribution in [3.8, 4) is 5.75 Å². The van der Waals surface area contributed by atoms with Gasteiger partial charge in [-0.1, -0.05) is 61.2 Å². The molecular formula is C20H18O2S. The minimum Gasteiger partial charge on any atom is -0.497 e. The van der Waals surface area contributed by atoms with Gasteiger partial charge in [0, 0.05) is 4.90 Å². The van der Waals surface area contributed by atoms with Gasteiger partial charge in [-0.2, -0.15) is 0 Å². The fourth-order valence-corrected chi connectivity index (χ4v) is 3.31. The van der Waals surface area contributed by atoms with E-state index >= 15 is 0 Å². The summed E-state index contributed by atoms with van der Waals surface area (Å²) < 4.78 is 5.25. The monoisotopic (exact) mass is 322 g/mol. The van der Waals surface area contributed by atoms with Gasteiger partial charge in [-0.05, 0) is 40.6 Å². The number of benzene rings is 3. The van der Waals surface area contributed by atoms with Crippen molar-refractivity contribution in [2.24, 2.45) is 0 Å². The fourth-order valence-electron chi connectivity index (χ4n) is 2.47. The lowest BCUT2D eigenvalue weighted by Crippen LogP contribution is -2.04. The van der Waals surface area contributed by atoms with Crippen molar-refractivity contribution in [3.63, 3.8) is 0 Å². The summed E-state index contributed by atoms with van der Waals surface area (Å²) in [5.74, 6) is 0.695. The minimum atomic E-state index is -0.147. The van der Waals surface area contributed by atoms with Crippen molar-refractivity contribution in [3.05, 3.63) is 72.3 Å². The van der Waals surface area contributed by atoms with Crippen molar-refractivity contribution in [2.75, 3.05) is 7.11 Å². The number of rotatable bonds is 4. The molecule has 0 N–H and O–H groups in total. The van der Waals surface area contributed by atoms with Gasteiger partial charge in [-0.15, -0.1) is 0 Å². The van der Waals surface area contributed by atoms with Gasteiger partial charge in [0.2, 0.25) is 5.12 Å². The van der Waals surface area contributed by atoms with Crippen molar-refractivity contribution in [2.45, 2.75) is 17.7 Å². The lowest BCUT2D eigenvalue weighted by molar-refractivity contribution is -0.111. The van der Waals surface area contributed by atoms with Crippen LogP contribution in [0.3, 0.4) is 0 Å². The highest BCUT2D eigenvalue weighted by Gasteiger charge is 2.17. The highest BCUT2D eigenvalue weighted by Crippen LogP contribution is 2.30. The van der Waals surface area contributed by atoms with Crippen LogP contribution in [0.25, 0.3) is 10.8 Å². The van der Waals surface area contributed by atoms with E-state index in [0.717, 1.165) is 27.0 Å². The van der Waals surface area contributed by atoms with Crippen LogP contribution in [-0.2, 0) is 4.79 Å². The average molecular weight is 322 g/mol. The normalized spacial score (nSPS) is 12.1. The van der Waals surface area contributed by atoms with Crippen molar-refractivity contribution in [1.82, 2.24) is 0 Å². The fraction of sp³-hybridized carbons (Fsp3) is 0.150. The zero-order valence-electron chi connectivity index (χ0n) is 13.2. The Kier molecular flexibility index (Phi) is 4.68. The molecule has 1 atom stereocenters. The van der Waals surface area contributed by atoms with E-state index in [1.807, 2.05) is 67.6 Å². The summed E-state index contributed by atoms with van der Waals surface area (Å²) in [5, 5.41) is 2.39. The number of carbonyl (C=O) groups is 1. The van der Waals surface area contributed by atoms with Crippen molar-refractivity contribution >= 4 is 27.6 Å². The van der Waals surface area contributed by atoms with E-state index in [-0.39, 0.29) is 11.0 Å². The second-order valence-electron chi connectivity index (χ2n) is 5.43. The molecule has 3 aromatic carbocycles. The summed E-state index contributed by atoms with van der Waals surface area (Å²) >= 11 is 1.30. The molecule has 0 aliphatic rings. The average Bonchev–Trinajstić information content (AvgIpc) is 2.61. The highest BCUT2D eigenvalue weighted by molar-refractivity contribution is 8.13. The molecular weight excluding hydrogens is 304 g/mol. The van der Waals surface area contributed by atoms with Gasteiger partial charge in [0.15, 0.2) is 0 Å². The Morgan fingerprint density at radius 2 is 1.65 bits per heavy atom. The van der Waals surface area contributed by atoms with E-state index in [1.54, 1.807) is 7.11 Å². The van der Waals surface area contributed by atoms with Crippen molar-refractivity contribution < 1.29 is 9.53 Å². The first kappa shape index (κ1) is 15.6. The molecule has 1 unspecified atom stereocenters. The number of hydrogen-bond acceptors (Lipinski definition) is 3. The standard InChI is InChI=1S/C20H18O2S/c1-14(20(21)23-19-6-4-3-5-7-19)15-8-9-17-13-18(22-2)11-10-16(17)12-15/h3-14H,1-2H3. The molecule has 0 radical (unpaired) electrons. The molecule has 3 heteroatoms. The Morgan fingerprint density at radius 1 is 0.957 bits per heavy atom.